The van der Waals surface area contributed by atoms with Gasteiger partial charge in [0.2, 0.25) is 0 Å². The predicted molar refractivity (Wildman–Crippen MR) is 92.3 cm³/mol. The van der Waals surface area contributed by atoms with Crippen molar-refractivity contribution in [2.24, 2.45) is 5.73 Å². The Morgan fingerprint density at radius 2 is 1.91 bits per heavy atom. The first-order chi connectivity index (χ1) is 10.9. The first kappa shape index (κ1) is 16.4. The van der Waals surface area contributed by atoms with E-state index < -0.39 is 17.5 Å². The Morgan fingerprint density at radius 3 is 2.61 bits per heavy atom. The first-order valence-electron chi connectivity index (χ1n) is 6.31. The lowest BCUT2D eigenvalue weighted by Crippen LogP contribution is -2.11. The standard InChI is InChI=1S/C15H8BrF3N2S2/c16-10-7-3-4-21-13(7)11(18)12(19)14(10)23-6-1-2-9(17)8(5-6)15(20)22/h1-5,21H,(H2,20,22). The van der Waals surface area contributed by atoms with E-state index in [1.165, 1.54) is 24.4 Å². The van der Waals surface area contributed by atoms with Crippen molar-refractivity contribution in [2.45, 2.75) is 9.79 Å². The van der Waals surface area contributed by atoms with Crippen LogP contribution in [0.5, 0.6) is 0 Å². The van der Waals surface area contributed by atoms with Crippen LogP contribution in [-0.4, -0.2) is 9.97 Å². The number of hydrogen-bond acceptors (Lipinski definition) is 2. The lowest BCUT2D eigenvalue weighted by molar-refractivity contribution is 0.497. The van der Waals surface area contributed by atoms with Gasteiger partial charge in [-0.25, -0.2) is 13.2 Å². The molecule has 0 bridgehead atoms. The average molecular weight is 417 g/mol. The molecule has 23 heavy (non-hydrogen) atoms. The predicted octanol–water partition coefficient (Wildman–Crippen LogP) is 5.13. The number of fused-ring (bicyclic) bond motifs is 1. The van der Waals surface area contributed by atoms with E-state index in [0.29, 0.717) is 14.8 Å². The smallest absolute Gasteiger partial charge is 0.184 e. The van der Waals surface area contributed by atoms with Crippen LogP contribution in [0.25, 0.3) is 10.9 Å². The van der Waals surface area contributed by atoms with Crippen LogP contribution in [-0.2, 0) is 0 Å². The zero-order valence-corrected chi connectivity index (χ0v) is 14.5. The summed E-state index contributed by atoms with van der Waals surface area (Å²) in [6.07, 6.45) is 1.52. The van der Waals surface area contributed by atoms with Crippen molar-refractivity contribution >= 4 is 55.8 Å². The van der Waals surface area contributed by atoms with Gasteiger partial charge in [-0.05, 0) is 40.2 Å². The van der Waals surface area contributed by atoms with Crippen molar-refractivity contribution in [1.82, 2.24) is 4.98 Å². The van der Waals surface area contributed by atoms with Crippen LogP contribution in [0, 0.1) is 17.5 Å². The third kappa shape index (κ3) is 2.86. The molecule has 0 unspecified atom stereocenters. The minimum absolute atomic E-state index is 0.0599. The number of benzene rings is 2. The van der Waals surface area contributed by atoms with Crippen molar-refractivity contribution in [1.29, 1.82) is 0 Å². The molecule has 2 aromatic carbocycles. The summed E-state index contributed by atoms with van der Waals surface area (Å²) in [7, 11) is 0. The Kier molecular flexibility index (Phi) is 4.39. The quantitative estimate of drug-likeness (QED) is 0.459. The molecule has 0 fully saturated rings. The van der Waals surface area contributed by atoms with Crippen LogP contribution in [0.2, 0.25) is 0 Å². The number of rotatable bonds is 3. The highest BCUT2D eigenvalue weighted by atomic mass is 79.9. The molecule has 3 rings (SSSR count). The van der Waals surface area contributed by atoms with Crippen LogP contribution in [0.15, 0.2) is 44.7 Å². The SMILES string of the molecule is NC(=S)c1cc(Sc2c(F)c(F)c3[nH]ccc3c2Br)ccc1F. The summed E-state index contributed by atoms with van der Waals surface area (Å²) in [4.78, 5) is 3.11. The summed E-state index contributed by atoms with van der Waals surface area (Å²) >= 11 is 9.03. The summed E-state index contributed by atoms with van der Waals surface area (Å²) in [6.45, 7) is 0. The van der Waals surface area contributed by atoms with Crippen LogP contribution in [0.1, 0.15) is 5.56 Å². The molecule has 0 spiro atoms. The topological polar surface area (TPSA) is 41.8 Å². The van der Waals surface area contributed by atoms with E-state index >= 15 is 0 Å². The number of aromatic nitrogens is 1. The number of thiocarbonyl (C=S) groups is 1. The molecule has 8 heteroatoms. The molecule has 0 radical (unpaired) electrons. The van der Waals surface area contributed by atoms with E-state index in [1.807, 2.05) is 0 Å². The van der Waals surface area contributed by atoms with Crippen molar-refractivity contribution in [3.8, 4) is 0 Å². The minimum Gasteiger partial charge on any atom is -0.389 e. The van der Waals surface area contributed by atoms with Crippen molar-refractivity contribution in [3.63, 3.8) is 0 Å². The van der Waals surface area contributed by atoms with Crippen molar-refractivity contribution in [3.05, 3.63) is 58.0 Å². The van der Waals surface area contributed by atoms with Crippen LogP contribution in [0.3, 0.4) is 0 Å². The van der Waals surface area contributed by atoms with Gasteiger partial charge in [-0.3, -0.25) is 0 Å². The van der Waals surface area contributed by atoms with Gasteiger partial charge in [-0.2, -0.15) is 0 Å². The molecule has 2 nitrogen and oxygen atoms in total. The van der Waals surface area contributed by atoms with Gasteiger partial charge in [0.25, 0.3) is 0 Å². The van der Waals surface area contributed by atoms with E-state index in [2.05, 4.69) is 20.9 Å². The molecule has 0 amide bonds. The Bertz CT molecular complexity index is 940. The molecular formula is C15H8BrF3N2S2. The number of hydrogen-bond donors (Lipinski definition) is 2. The van der Waals surface area contributed by atoms with Crippen LogP contribution >= 0.6 is 39.9 Å². The second kappa shape index (κ2) is 6.18. The fraction of sp³-hybridized carbons (Fsp3) is 0. The first-order valence-corrected chi connectivity index (χ1v) is 8.32. The Balaban J connectivity index is 2.12. The molecule has 0 aliphatic heterocycles. The van der Waals surface area contributed by atoms with Crippen molar-refractivity contribution in [2.75, 3.05) is 0 Å². The van der Waals surface area contributed by atoms with Crippen molar-refractivity contribution < 1.29 is 13.2 Å². The molecule has 0 aliphatic rings. The third-order valence-electron chi connectivity index (χ3n) is 3.22. The second-order valence-corrected chi connectivity index (χ2v) is 6.96. The summed E-state index contributed by atoms with van der Waals surface area (Å²) in [6, 6.07) is 5.69. The van der Waals surface area contributed by atoms with Gasteiger partial charge in [0, 0.05) is 26.5 Å². The fourth-order valence-electron chi connectivity index (χ4n) is 2.13. The zero-order valence-electron chi connectivity index (χ0n) is 11.3. The highest BCUT2D eigenvalue weighted by molar-refractivity contribution is 9.10. The van der Waals surface area contributed by atoms with Gasteiger partial charge in [0.1, 0.15) is 10.8 Å². The molecule has 0 saturated heterocycles. The lowest BCUT2D eigenvalue weighted by atomic mass is 10.2. The van der Waals surface area contributed by atoms with E-state index in [1.54, 1.807) is 6.07 Å². The van der Waals surface area contributed by atoms with E-state index in [-0.39, 0.29) is 21.0 Å². The fourth-order valence-corrected chi connectivity index (χ4v) is 3.96. The zero-order chi connectivity index (χ0) is 16.7. The monoisotopic (exact) mass is 416 g/mol. The van der Waals surface area contributed by atoms with E-state index in [9.17, 15) is 13.2 Å². The van der Waals surface area contributed by atoms with Gasteiger partial charge in [0.15, 0.2) is 11.6 Å². The number of H-pyrrole nitrogens is 1. The third-order valence-corrected chi connectivity index (χ3v) is 5.60. The van der Waals surface area contributed by atoms with Gasteiger partial charge < -0.3 is 10.7 Å². The summed E-state index contributed by atoms with van der Waals surface area (Å²) in [5, 5.41) is 0.517. The molecule has 118 valence electrons. The average Bonchev–Trinajstić information content (AvgIpc) is 3.00. The van der Waals surface area contributed by atoms with Gasteiger partial charge in [0.05, 0.1) is 10.4 Å². The van der Waals surface area contributed by atoms with E-state index in [0.717, 1.165) is 11.8 Å². The van der Waals surface area contributed by atoms with Gasteiger partial charge in [-0.15, -0.1) is 0 Å². The normalized spacial score (nSPS) is 11.1. The largest absolute Gasteiger partial charge is 0.389 e. The molecular weight excluding hydrogens is 409 g/mol. The number of halogens is 4. The molecule has 3 N–H and O–H groups in total. The second-order valence-electron chi connectivity index (χ2n) is 4.65. The molecule has 1 heterocycles. The summed E-state index contributed by atoms with van der Waals surface area (Å²) in [5.41, 5.74) is 5.60. The van der Waals surface area contributed by atoms with Crippen LogP contribution < -0.4 is 5.73 Å². The maximum Gasteiger partial charge on any atom is 0.184 e. The molecule has 3 aromatic rings. The number of aromatic amines is 1. The highest BCUT2D eigenvalue weighted by Gasteiger charge is 2.20. The maximum absolute atomic E-state index is 14.3. The van der Waals surface area contributed by atoms with Gasteiger partial charge in [-0.1, -0.05) is 24.0 Å². The molecule has 0 aliphatic carbocycles. The summed E-state index contributed by atoms with van der Waals surface area (Å²) in [5.74, 6) is -2.51. The highest BCUT2D eigenvalue weighted by Crippen LogP contribution is 2.41. The lowest BCUT2D eigenvalue weighted by Gasteiger charge is -2.10. The molecule has 1 aromatic heterocycles. The van der Waals surface area contributed by atoms with E-state index in [4.69, 9.17) is 18.0 Å². The molecule has 0 saturated carbocycles. The Labute approximate surface area is 147 Å². The van der Waals surface area contributed by atoms with Gasteiger partial charge >= 0.3 is 0 Å². The number of nitrogens with two attached hydrogens (primary N) is 1. The number of nitrogens with one attached hydrogen (secondary N) is 1. The van der Waals surface area contributed by atoms with Crippen LogP contribution in [0.4, 0.5) is 13.2 Å². The Morgan fingerprint density at radius 1 is 1.17 bits per heavy atom. The molecule has 0 atom stereocenters. The maximum atomic E-state index is 14.3. The Hall–Kier alpha value is -1.51. The summed E-state index contributed by atoms with van der Waals surface area (Å²) < 4.78 is 42.5. The minimum atomic E-state index is -0.988.